The number of ether oxygens (including phenoxy) is 1. The molecule has 0 spiro atoms. The number of H-pyrrole nitrogens is 1. The lowest BCUT2D eigenvalue weighted by molar-refractivity contribution is 0.414. The van der Waals surface area contributed by atoms with E-state index in [2.05, 4.69) is 9.97 Å². The highest BCUT2D eigenvalue weighted by Gasteiger charge is 2.07. The molecule has 100 valence electrons. The third kappa shape index (κ3) is 3.05. The van der Waals surface area contributed by atoms with E-state index in [9.17, 15) is 9.59 Å². The molecule has 19 heavy (non-hydrogen) atoms. The first-order valence-corrected chi connectivity index (χ1v) is 6.74. The molecule has 1 N–H and O–H groups in total. The van der Waals surface area contributed by atoms with Crippen LogP contribution in [0.25, 0.3) is 0 Å². The van der Waals surface area contributed by atoms with Gasteiger partial charge in [-0.05, 0) is 24.0 Å². The standard InChI is InChI=1S/C12H13N3O3S/c1-18-9-5-3-8(4-6-9)7-15-11(17)13-10(16)14-12(15)19-2/h3-6H,7H2,1-2H3,(H,13,16,17). The van der Waals surface area contributed by atoms with Crippen LogP contribution in [0.5, 0.6) is 5.75 Å². The topological polar surface area (TPSA) is 77.0 Å². The van der Waals surface area contributed by atoms with Crippen molar-refractivity contribution in [2.24, 2.45) is 0 Å². The van der Waals surface area contributed by atoms with Gasteiger partial charge in [0.25, 0.3) is 0 Å². The van der Waals surface area contributed by atoms with Gasteiger partial charge in [-0.3, -0.25) is 9.55 Å². The predicted molar refractivity (Wildman–Crippen MR) is 73.0 cm³/mol. The Kier molecular flexibility index (Phi) is 4.06. The first kappa shape index (κ1) is 13.4. The molecule has 7 heteroatoms. The molecule has 1 aromatic heterocycles. The summed E-state index contributed by atoms with van der Waals surface area (Å²) < 4.78 is 6.50. The molecule has 0 aliphatic rings. The van der Waals surface area contributed by atoms with Crippen molar-refractivity contribution in [3.63, 3.8) is 0 Å². The molecule has 2 aromatic rings. The summed E-state index contributed by atoms with van der Waals surface area (Å²) in [6.45, 7) is 0.350. The first-order chi connectivity index (χ1) is 9.13. The Hall–Kier alpha value is -2.02. The average Bonchev–Trinajstić information content (AvgIpc) is 2.42. The van der Waals surface area contributed by atoms with Gasteiger partial charge in [0.2, 0.25) is 0 Å². The molecule has 0 saturated heterocycles. The van der Waals surface area contributed by atoms with Gasteiger partial charge in [0.05, 0.1) is 13.7 Å². The van der Waals surface area contributed by atoms with Crippen molar-refractivity contribution in [2.45, 2.75) is 11.7 Å². The highest BCUT2D eigenvalue weighted by Crippen LogP contribution is 2.14. The Bertz CT molecular complexity index is 676. The zero-order chi connectivity index (χ0) is 13.8. The number of hydrogen-bond donors (Lipinski definition) is 1. The largest absolute Gasteiger partial charge is 0.497 e. The van der Waals surface area contributed by atoms with Crippen molar-refractivity contribution < 1.29 is 4.74 Å². The molecular weight excluding hydrogens is 266 g/mol. The number of nitrogens with zero attached hydrogens (tertiary/aromatic N) is 2. The predicted octanol–water partition coefficient (Wildman–Crippen LogP) is 0.710. The molecule has 1 heterocycles. The molecule has 0 radical (unpaired) electrons. The van der Waals surface area contributed by atoms with E-state index in [1.807, 2.05) is 24.3 Å². The molecular formula is C12H13N3O3S. The molecule has 0 amide bonds. The highest BCUT2D eigenvalue weighted by atomic mass is 32.2. The Balaban J connectivity index is 2.37. The summed E-state index contributed by atoms with van der Waals surface area (Å²) in [7, 11) is 1.59. The number of thioether (sulfide) groups is 1. The van der Waals surface area contributed by atoms with Gasteiger partial charge in [0, 0.05) is 0 Å². The maximum atomic E-state index is 11.8. The quantitative estimate of drug-likeness (QED) is 0.834. The fraction of sp³-hybridized carbons (Fsp3) is 0.250. The number of hydrogen-bond acceptors (Lipinski definition) is 5. The second-order valence-corrected chi connectivity index (χ2v) is 4.54. The van der Waals surface area contributed by atoms with Gasteiger partial charge >= 0.3 is 11.4 Å². The monoisotopic (exact) mass is 279 g/mol. The minimum atomic E-state index is -0.625. The Morgan fingerprint density at radius 2 is 2.00 bits per heavy atom. The summed E-state index contributed by atoms with van der Waals surface area (Å²) in [6, 6.07) is 7.36. The van der Waals surface area contributed by atoms with Gasteiger partial charge < -0.3 is 4.74 Å². The number of benzene rings is 1. The van der Waals surface area contributed by atoms with Crippen LogP contribution in [-0.4, -0.2) is 27.9 Å². The van der Waals surface area contributed by atoms with Gasteiger partial charge in [-0.1, -0.05) is 23.9 Å². The zero-order valence-corrected chi connectivity index (χ0v) is 11.4. The van der Waals surface area contributed by atoms with Crippen LogP contribution in [0.4, 0.5) is 0 Å². The van der Waals surface area contributed by atoms with Gasteiger partial charge in [-0.25, -0.2) is 9.59 Å². The van der Waals surface area contributed by atoms with Gasteiger partial charge in [-0.15, -0.1) is 0 Å². The molecule has 0 aliphatic heterocycles. The number of aromatic nitrogens is 3. The van der Waals surface area contributed by atoms with E-state index in [4.69, 9.17) is 4.74 Å². The van der Waals surface area contributed by atoms with Crippen LogP contribution in [0, 0.1) is 0 Å². The lowest BCUT2D eigenvalue weighted by Crippen LogP contribution is -2.33. The van der Waals surface area contributed by atoms with E-state index in [-0.39, 0.29) is 0 Å². The average molecular weight is 279 g/mol. The molecule has 0 aliphatic carbocycles. The van der Waals surface area contributed by atoms with Crippen molar-refractivity contribution in [2.75, 3.05) is 13.4 Å². The van der Waals surface area contributed by atoms with Gasteiger partial charge in [-0.2, -0.15) is 4.98 Å². The summed E-state index contributed by atoms with van der Waals surface area (Å²) in [6.07, 6.45) is 1.77. The van der Waals surface area contributed by atoms with Crippen molar-refractivity contribution >= 4 is 11.8 Å². The van der Waals surface area contributed by atoms with Crippen LogP contribution in [0.15, 0.2) is 39.0 Å². The summed E-state index contributed by atoms with van der Waals surface area (Å²) in [5, 5.41) is 0.393. The minimum Gasteiger partial charge on any atom is -0.497 e. The fourth-order valence-electron chi connectivity index (χ4n) is 1.63. The molecule has 2 rings (SSSR count). The van der Waals surface area contributed by atoms with Crippen LogP contribution < -0.4 is 16.1 Å². The lowest BCUT2D eigenvalue weighted by atomic mass is 10.2. The summed E-state index contributed by atoms with van der Waals surface area (Å²) in [4.78, 5) is 28.9. The second kappa shape index (κ2) is 5.75. The maximum absolute atomic E-state index is 11.8. The van der Waals surface area contributed by atoms with Crippen molar-refractivity contribution in [1.29, 1.82) is 0 Å². The fourth-order valence-corrected chi connectivity index (χ4v) is 2.17. The Labute approximate surface area is 113 Å². The van der Waals surface area contributed by atoms with E-state index >= 15 is 0 Å². The molecule has 0 atom stereocenters. The molecule has 6 nitrogen and oxygen atoms in total. The zero-order valence-electron chi connectivity index (χ0n) is 10.5. The van der Waals surface area contributed by atoms with E-state index in [0.29, 0.717) is 11.7 Å². The number of nitrogens with one attached hydrogen (secondary N) is 1. The van der Waals surface area contributed by atoms with Crippen LogP contribution >= 0.6 is 11.8 Å². The summed E-state index contributed by atoms with van der Waals surface area (Å²) in [5.74, 6) is 0.751. The SMILES string of the molecule is COc1ccc(Cn2c(SC)nc(=O)[nH]c2=O)cc1. The third-order valence-electron chi connectivity index (χ3n) is 2.57. The van der Waals surface area contributed by atoms with Crippen molar-refractivity contribution in [3.05, 3.63) is 50.8 Å². The van der Waals surface area contributed by atoms with Crippen LogP contribution in [0.3, 0.4) is 0 Å². The van der Waals surface area contributed by atoms with Crippen LogP contribution in [0.2, 0.25) is 0 Å². The first-order valence-electron chi connectivity index (χ1n) is 5.52. The number of methoxy groups -OCH3 is 1. The number of rotatable bonds is 4. The molecule has 0 fully saturated rings. The van der Waals surface area contributed by atoms with Gasteiger partial charge in [0.15, 0.2) is 5.16 Å². The normalized spacial score (nSPS) is 10.4. The summed E-state index contributed by atoms with van der Waals surface area (Å²) in [5.41, 5.74) is -0.160. The van der Waals surface area contributed by atoms with E-state index in [1.165, 1.54) is 16.3 Å². The second-order valence-electron chi connectivity index (χ2n) is 3.77. The maximum Gasteiger partial charge on any atom is 0.351 e. The minimum absolute atomic E-state index is 0.350. The van der Waals surface area contributed by atoms with Gasteiger partial charge in [0.1, 0.15) is 5.75 Å². The van der Waals surface area contributed by atoms with Crippen molar-refractivity contribution in [3.8, 4) is 5.75 Å². The lowest BCUT2D eigenvalue weighted by Gasteiger charge is -2.09. The third-order valence-corrected chi connectivity index (χ3v) is 3.25. The van der Waals surface area contributed by atoms with E-state index in [0.717, 1.165) is 11.3 Å². The Morgan fingerprint density at radius 1 is 1.32 bits per heavy atom. The number of aromatic amines is 1. The van der Waals surface area contributed by atoms with Crippen molar-refractivity contribution in [1.82, 2.24) is 14.5 Å². The van der Waals surface area contributed by atoms with E-state index in [1.54, 1.807) is 13.4 Å². The summed E-state index contributed by atoms with van der Waals surface area (Å²) >= 11 is 1.26. The van der Waals surface area contributed by atoms with Crippen LogP contribution in [-0.2, 0) is 6.54 Å². The molecule has 1 aromatic carbocycles. The smallest absolute Gasteiger partial charge is 0.351 e. The molecule has 0 unspecified atom stereocenters. The highest BCUT2D eigenvalue weighted by molar-refractivity contribution is 7.98. The van der Waals surface area contributed by atoms with Crippen LogP contribution in [0.1, 0.15) is 5.56 Å². The molecule has 0 bridgehead atoms. The Morgan fingerprint density at radius 3 is 2.58 bits per heavy atom. The molecule has 0 saturated carbocycles. The van der Waals surface area contributed by atoms with E-state index < -0.39 is 11.4 Å².